The first-order chi connectivity index (χ1) is 8.33. The summed E-state index contributed by atoms with van der Waals surface area (Å²) in [5, 5.41) is 5.61. The van der Waals surface area contributed by atoms with Crippen molar-refractivity contribution in [3.63, 3.8) is 0 Å². The molecule has 2 aromatic rings. The molecule has 0 unspecified atom stereocenters. The minimum Gasteiger partial charge on any atom is -0.362 e. The van der Waals surface area contributed by atoms with Gasteiger partial charge in [0.1, 0.15) is 12.1 Å². The maximum Gasteiger partial charge on any atom is 0.147 e. The van der Waals surface area contributed by atoms with Gasteiger partial charge < -0.3 is 5.32 Å². The summed E-state index contributed by atoms with van der Waals surface area (Å²) in [5.41, 5.74) is 1.04. The van der Waals surface area contributed by atoms with Crippen molar-refractivity contribution in [3.8, 4) is 0 Å². The number of fused-ring (bicyclic) bond motifs is 1. The monoisotopic (exact) mass is 267 g/mol. The van der Waals surface area contributed by atoms with Crippen LogP contribution in [0.3, 0.4) is 0 Å². The highest BCUT2D eigenvalue weighted by Gasteiger charge is 2.33. The number of hydrogen-bond acceptors (Lipinski definition) is 4. The molecule has 3 nitrogen and oxygen atoms in total. The number of aromatic nitrogens is 2. The third-order valence-electron chi connectivity index (χ3n) is 3.44. The summed E-state index contributed by atoms with van der Waals surface area (Å²) in [7, 11) is 0. The number of alkyl halides is 1. The molecular weight excluding hydrogens is 254 g/mol. The van der Waals surface area contributed by atoms with Crippen molar-refractivity contribution in [2.75, 3.05) is 11.2 Å². The first-order valence-corrected chi connectivity index (χ1v) is 7.27. The summed E-state index contributed by atoms with van der Waals surface area (Å²) in [6, 6.07) is 2.02. The highest BCUT2D eigenvalue weighted by Crippen LogP contribution is 2.36. The molecule has 3 rings (SSSR count). The minimum atomic E-state index is 0.0346. The van der Waals surface area contributed by atoms with Crippen molar-refractivity contribution in [2.45, 2.75) is 31.2 Å². The van der Waals surface area contributed by atoms with Crippen molar-refractivity contribution in [2.24, 2.45) is 0 Å². The minimum absolute atomic E-state index is 0.0346. The van der Waals surface area contributed by atoms with Gasteiger partial charge in [-0.2, -0.15) is 0 Å². The Labute approximate surface area is 109 Å². The number of halogens is 1. The number of thiophene rings is 1. The summed E-state index contributed by atoms with van der Waals surface area (Å²) in [6.45, 7) is 0. The fraction of sp³-hybridized carbons (Fsp3) is 0.500. The van der Waals surface area contributed by atoms with E-state index < -0.39 is 0 Å². The first-order valence-electron chi connectivity index (χ1n) is 5.85. The Morgan fingerprint density at radius 1 is 1.35 bits per heavy atom. The van der Waals surface area contributed by atoms with Crippen molar-refractivity contribution in [1.82, 2.24) is 9.97 Å². The van der Waals surface area contributed by atoms with Crippen LogP contribution in [0.4, 0.5) is 5.82 Å². The van der Waals surface area contributed by atoms with Crippen LogP contribution in [0.15, 0.2) is 17.8 Å². The van der Waals surface area contributed by atoms with Gasteiger partial charge in [-0.1, -0.05) is 12.8 Å². The van der Waals surface area contributed by atoms with Crippen molar-refractivity contribution in [3.05, 3.63) is 17.8 Å². The lowest BCUT2D eigenvalue weighted by Crippen LogP contribution is -2.37. The number of rotatable bonds is 3. The van der Waals surface area contributed by atoms with E-state index in [0.717, 1.165) is 28.9 Å². The maximum atomic E-state index is 6.14. The fourth-order valence-electron chi connectivity index (χ4n) is 2.47. The molecule has 1 aliphatic carbocycles. The molecular formula is C12H14ClN3S. The first kappa shape index (κ1) is 11.2. The van der Waals surface area contributed by atoms with Crippen LogP contribution in [0.1, 0.15) is 25.7 Å². The van der Waals surface area contributed by atoms with Crippen LogP contribution in [0.25, 0.3) is 10.2 Å². The molecule has 0 spiro atoms. The largest absolute Gasteiger partial charge is 0.362 e. The third kappa shape index (κ3) is 2.00. The Kier molecular flexibility index (Phi) is 2.92. The summed E-state index contributed by atoms with van der Waals surface area (Å²) in [6.07, 6.45) is 6.38. The van der Waals surface area contributed by atoms with Gasteiger partial charge in [-0.3, -0.25) is 0 Å². The Hall–Kier alpha value is -0.870. The predicted octanol–water partition coefficient (Wildman–Crippen LogP) is 3.65. The van der Waals surface area contributed by atoms with Crippen LogP contribution >= 0.6 is 22.9 Å². The van der Waals surface area contributed by atoms with Crippen LogP contribution in [0.2, 0.25) is 0 Å². The average molecular weight is 268 g/mol. The van der Waals surface area contributed by atoms with E-state index in [4.69, 9.17) is 11.6 Å². The third-order valence-corrected chi connectivity index (χ3v) is 4.87. The second-order valence-electron chi connectivity index (χ2n) is 4.60. The van der Waals surface area contributed by atoms with Crippen LogP contribution in [-0.4, -0.2) is 21.4 Å². The average Bonchev–Trinajstić information content (AvgIpc) is 2.98. The molecule has 1 fully saturated rings. The highest BCUT2D eigenvalue weighted by molar-refractivity contribution is 7.17. The van der Waals surface area contributed by atoms with Crippen molar-refractivity contribution in [1.29, 1.82) is 0 Å². The molecule has 2 heterocycles. The van der Waals surface area contributed by atoms with E-state index in [1.54, 1.807) is 17.7 Å². The van der Waals surface area contributed by atoms with Gasteiger partial charge in [0, 0.05) is 5.88 Å². The molecule has 0 saturated heterocycles. The molecule has 1 aliphatic rings. The second kappa shape index (κ2) is 4.42. The van der Waals surface area contributed by atoms with Gasteiger partial charge in [-0.05, 0) is 24.3 Å². The van der Waals surface area contributed by atoms with E-state index in [2.05, 4.69) is 15.3 Å². The topological polar surface area (TPSA) is 37.8 Å². The molecule has 2 aromatic heterocycles. The van der Waals surface area contributed by atoms with E-state index in [0.29, 0.717) is 5.88 Å². The van der Waals surface area contributed by atoms with Crippen LogP contribution in [-0.2, 0) is 0 Å². The molecule has 0 aromatic carbocycles. The molecule has 90 valence electrons. The van der Waals surface area contributed by atoms with Gasteiger partial charge in [0.25, 0.3) is 0 Å². The Bertz CT molecular complexity index is 519. The van der Waals surface area contributed by atoms with E-state index in [9.17, 15) is 0 Å². The highest BCUT2D eigenvalue weighted by atomic mass is 35.5. The van der Waals surface area contributed by atoms with E-state index in [-0.39, 0.29) is 5.54 Å². The lowest BCUT2D eigenvalue weighted by atomic mass is 10.0. The molecule has 0 aliphatic heterocycles. The predicted molar refractivity (Wildman–Crippen MR) is 73.0 cm³/mol. The standard InChI is InChI=1S/C12H14ClN3S/c13-7-12(4-1-2-5-12)16-11-10-9(3-6-17-10)14-8-15-11/h3,6,8H,1-2,4-5,7H2,(H,14,15,16). The van der Waals surface area contributed by atoms with Gasteiger partial charge in [-0.15, -0.1) is 22.9 Å². The van der Waals surface area contributed by atoms with Gasteiger partial charge in [-0.25, -0.2) is 9.97 Å². The van der Waals surface area contributed by atoms with Gasteiger partial charge in [0.15, 0.2) is 0 Å². The van der Waals surface area contributed by atoms with Gasteiger partial charge in [0.05, 0.1) is 15.8 Å². The maximum absolute atomic E-state index is 6.14. The van der Waals surface area contributed by atoms with Crippen LogP contribution < -0.4 is 5.32 Å². The molecule has 5 heteroatoms. The Morgan fingerprint density at radius 3 is 2.94 bits per heavy atom. The summed E-state index contributed by atoms with van der Waals surface area (Å²) in [4.78, 5) is 8.62. The molecule has 0 bridgehead atoms. The molecule has 17 heavy (non-hydrogen) atoms. The zero-order chi connectivity index (χ0) is 11.7. The molecule has 1 N–H and O–H groups in total. The summed E-state index contributed by atoms with van der Waals surface area (Å²) in [5.74, 6) is 1.58. The quantitative estimate of drug-likeness (QED) is 0.863. The SMILES string of the molecule is ClCC1(Nc2ncnc3ccsc23)CCCC1. The molecule has 0 radical (unpaired) electrons. The fourth-order valence-corrected chi connectivity index (χ4v) is 3.60. The molecule has 0 atom stereocenters. The number of hydrogen-bond donors (Lipinski definition) is 1. The van der Waals surface area contributed by atoms with E-state index in [1.807, 2.05) is 11.4 Å². The normalized spacial score (nSPS) is 18.6. The molecule has 1 saturated carbocycles. The van der Waals surface area contributed by atoms with E-state index in [1.165, 1.54) is 12.8 Å². The molecule has 0 amide bonds. The Balaban J connectivity index is 1.96. The smallest absolute Gasteiger partial charge is 0.147 e. The summed E-state index contributed by atoms with van der Waals surface area (Å²) >= 11 is 7.81. The number of anilines is 1. The zero-order valence-electron chi connectivity index (χ0n) is 9.45. The lowest BCUT2D eigenvalue weighted by molar-refractivity contribution is 0.538. The number of nitrogens with one attached hydrogen (secondary N) is 1. The van der Waals surface area contributed by atoms with Crippen molar-refractivity contribution >= 4 is 39.0 Å². The van der Waals surface area contributed by atoms with E-state index >= 15 is 0 Å². The zero-order valence-corrected chi connectivity index (χ0v) is 11.0. The van der Waals surface area contributed by atoms with Crippen molar-refractivity contribution < 1.29 is 0 Å². The van der Waals surface area contributed by atoms with Crippen LogP contribution in [0, 0.1) is 0 Å². The number of nitrogens with zero attached hydrogens (tertiary/aromatic N) is 2. The van der Waals surface area contributed by atoms with Crippen LogP contribution in [0.5, 0.6) is 0 Å². The second-order valence-corrected chi connectivity index (χ2v) is 5.79. The van der Waals surface area contributed by atoms with Gasteiger partial charge >= 0.3 is 0 Å². The van der Waals surface area contributed by atoms with Gasteiger partial charge in [0.2, 0.25) is 0 Å². The summed E-state index contributed by atoms with van der Waals surface area (Å²) < 4.78 is 1.13. The lowest BCUT2D eigenvalue weighted by Gasteiger charge is -2.28. The Morgan fingerprint density at radius 2 is 2.18 bits per heavy atom.